The van der Waals surface area contributed by atoms with Gasteiger partial charge in [-0.2, -0.15) is 5.10 Å². The lowest BCUT2D eigenvalue weighted by atomic mass is 10.3. The third-order valence-corrected chi connectivity index (χ3v) is 2.19. The van der Waals surface area contributed by atoms with Crippen molar-refractivity contribution in [1.29, 1.82) is 0 Å². The number of rotatable bonds is 5. The van der Waals surface area contributed by atoms with E-state index in [1.807, 2.05) is 0 Å². The zero-order valence-corrected chi connectivity index (χ0v) is 9.72. The molecule has 9 nitrogen and oxygen atoms in total. The summed E-state index contributed by atoms with van der Waals surface area (Å²) < 4.78 is 1.49. The Kier molecular flexibility index (Phi) is 3.76. The van der Waals surface area contributed by atoms with E-state index in [9.17, 15) is 9.59 Å². The first-order valence-corrected chi connectivity index (χ1v) is 5.33. The van der Waals surface area contributed by atoms with Crippen LogP contribution in [0.5, 0.6) is 0 Å². The van der Waals surface area contributed by atoms with Crippen LogP contribution in [0.4, 0.5) is 5.82 Å². The average molecular weight is 262 g/mol. The molecule has 0 saturated carbocycles. The molecule has 0 aliphatic carbocycles. The number of nitrogens with one attached hydrogen (secondary N) is 1. The molecule has 2 rings (SSSR count). The van der Waals surface area contributed by atoms with Crippen LogP contribution in [-0.2, 0) is 11.3 Å². The van der Waals surface area contributed by atoms with Gasteiger partial charge < -0.3 is 10.4 Å². The summed E-state index contributed by atoms with van der Waals surface area (Å²) in [5, 5.41) is 15.1. The standard InChI is InChI=1S/C10H10N6O3/c17-7(1-4-16-6-11-5-14-16)15-9-8(10(18)19)12-2-3-13-9/h2-3,5-6H,1,4H2,(H,18,19)(H,13,15,17). The minimum Gasteiger partial charge on any atom is -0.476 e. The van der Waals surface area contributed by atoms with Gasteiger partial charge in [0.1, 0.15) is 12.7 Å². The minimum absolute atomic E-state index is 0.0707. The van der Waals surface area contributed by atoms with Gasteiger partial charge in [-0.25, -0.2) is 19.7 Å². The van der Waals surface area contributed by atoms with Crippen LogP contribution in [0.2, 0.25) is 0 Å². The van der Waals surface area contributed by atoms with Gasteiger partial charge >= 0.3 is 5.97 Å². The third-order valence-electron chi connectivity index (χ3n) is 2.19. The SMILES string of the molecule is O=C(CCn1cncn1)Nc1nccnc1C(=O)O. The molecule has 0 aliphatic rings. The topological polar surface area (TPSA) is 123 Å². The predicted molar refractivity (Wildman–Crippen MR) is 62.3 cm³/mol. The van der Waals surface area contributed by atoms with Crippen molar-refractivity contribution in [2.75, 3.05) is 5.32 Å². The highest BCUT2D eigenvalue weighted by molar-refractivity contribution is 5.97. The van der Waals surface area contributed by atoms with Crippen molar-refractivity contribution in [3.8, 4) is 0 Å². The smallest absolute Gasteiger partial charge is 0.358 e. The molecule has 0 atom stereocenters. The van der Waals surface area contributed by atoms with Crippen LogP contribution in [0.3, 0.4) is 0 Å². The zero-order chi connectivity index (χ0) is 13.7. The van der Waals surface area contributed by atoms with Crippen LogP contribution in [0.15, 0.2) is 25.0 Å². The van der Waals surface area contributed by atoms with E-state index in [-0.39, 0.29) is 23.8 Å². The van der Waals surface area contributed by atoms with Crippen LogP contribution in [0.25, 0.3) is 0 Å². The lowest BCUT2D eigenvalue weighted by Crippen LogP contribution is -2.18. The summed E-state index contributed by atoms with van der Waals surface area (Å²) in [6.45, 7) is 0.342. The van der Waals surface area contributed by atoms with Gasteiger partial charge in [0.2, 0.25) is 5.91 Å². The van der Waals surface area contributed by atoms with Gasteiger partial charge in [0.05, 0.1) is 6.54 Å². The Labute approximate surface area is 107 Å². The van der Waals surface area contributed by atoms with Gasteiger partial charge in [-0.1, -0.05) is 0 Å². The van der Waals surface area contributed by atoms with E-state index in [2.05, 4.69) is 25.4 Å². The number of nitrogens with zero attached hydrogens (tertiary/aromatic N) is 5. The fourth-order valence-corrected chi connectivity index (χ4v) is 1.34. The highest BCUT2D eigenvalue weighted by Gasteiger charge is 2.14. The maximum Gasteiger partial charge on any atom is 0.358 e. The molecule has 9 heteroatoms. The van der Waals surface area contributed by atoms with E-state index < -0.39 is 5.97 Å². The van der Waals surface area contributed by atoms with E-state index in [0.29, 0.717) is 6.54 Å². The molecule has 1 amide bonds. The molecule has 0 unspecified atom stereocenters. The zero-order valence-electron chi connectivity index (χ0n) is 9.72. The van der Waals surface area contributed by atoms with Crippen molar-refractivity contribution in [3.05, 3.63) is 30.7 Å². The number of carbonyl (C=O) groups excluding carboxylic acids is 1. The Balaban J connectivity index is 1.97. The number of amides is 1. The fourth-order valence-electron chi connectivity index (χ4n) is 1.34. The molecule has 2 aromatic rings. The van der Waals surface area contributed by atoms with Crippen LogP contribution in [-0.4, -0.2) is 41.7 Å². The number of aromatic nitrogens is 5. The molecule has 0 aromatic carbocycles. The van der Waals surface area contributed by atoms with Crippen molar-refractivity contribution in [2.45, 2.75) is 13.0 Å². The van der Waals surface area contributed by atoms with Crippen molar-refractivity contribution in [1.82, 2.24) is 24.7 Å². The third kappa shape index (κ3) is 3.31. The van der Waals surface area contributed by atoms with E-state index >= 15 is 0 Å². The Morgan fingerprint density at radius 3 is 2.79 bits per heavy atom. The maximum absolute atomic E-state index is 11.6. The Bertz CT molecular complexity index is 583. The molecule has 19 heavy (non-hydrogen) atoms. The molecular weight excluding hydrogens is 252 g/mol. The number of carboxylic acid groups (broad SMARTS) is 1. The lowest BCUT2D eigenvalue weighted by Gasteiger charge is -2.06. The second-order valence-electron chi connectivity index (χ2n) is 3.52. The highest BCUT2D eigenvalue weighted by atomic mass is 16.4. The lowest BCUT2D eigenvalue weighted by molar-refractivity contribution is -0.116. The van der Waals surface area contributed by atoms with Crippen molar-refractivity contribution < 1.29 is 14.7 Å². The van der Waals surface area contributed by atoms with Crippen LogP contribution in [0, 0.1) is 0 Å². The van der Waals surface area contributed by atoms with Gasteiger partial charge in [-0.3, -0.25) is 9.48 Å². The number of aromatic carboxylic acids is 1. The molecule has 2 N–H and O–H groups in total. The molecule has 2 heterocycles. The molecule has 0 spiro atoms. The summed E-state index contributed by atoms with van der Waals surface area (Å²) in [5.74, 6) is -1.70. The summed E-state index contributed by atoms with van der Waals surface area (Å²) in [4.78, 5) is 33.7. The molecule has 0 aliphatic heterocycles. The molecule has 0 saturated heterocycles. The van der Waals surface area contributed by atoms with Crippen molar-refractivity contribution >= 4 is 17.7 Å². The Morgan fingerprint density at radius 2 is 2.11 bits per heavy atom. The van der Waals surface area contributed by atoms with Gasteiger partial charge in [0, 0.05) is 18.8 Å². The summed E-state index contributed by atoms with van der Waals surface area (Å²) in [6, 6.07) is 0. The molecule has 98 valence electrons. The average Bonchev–Trinajstić information content (AvgIpc) is 2.90. The van der Waals surface area contributed by atoms with E-state index in [1.165, 1.54) is 29.7 Å². The molecule has 0 bridgehead atoms. The van der Waals surface area contributed by atoms with Crippen LogP contribution >= 0.6 is 0 Å². The van der Waals surface area contributed by atoms with E-state index in [0.717, 1.165) is 0 Å². The summed E-state index contributed by atoms with van der Waals surface area (Å²) in [5.41, 5.74) is -0.295. The van der Waals surface area contributed by atoms with Crippen molar-refractivity contribution in [2.24, 2.45) is 0 Å². The minimum atomic E-state index is -1.25. The van der Waals surface area contributed by atoms with Gasteiger partial charge in [-0.15, -0.1) is 0 Å². The predicted octanol–water partition coefficient (Wildman–Crippen LogP) is -0.205. The van der Waals surface area contributed by atoms with E-state index in [1.54, 1.807) is 0 Å². The maximum atomic E-state index is 11.6. The first kappa shape index (κ1) is 12.6. The second kappa shape index (κ2) is 5.67. The molecule has 0 radical (unpaired) electrons. The van der Waals surface area contributed by atoms with Crippen LogP contribution in [0.1, 0.15) is 16.9 Å². The number of carbonyl (C=O) groups is 2. The number of aryl methyl sites for hydroxylation is 1. The first-order chi connectivity index (χ1) is 9.16. The normalized spacial score (nSPS) is 10.1. The summed E-state index contributed by atoms with van der Waals surface area (Å²) in [7, 11) is 0. The molecule has 0 fully saturated rings. The number of anilines is 1. The van der Waals surface area contributed by atoms with Gasteiger partial charge in [0.15, 0.2) is 11.5 Å². The fraction of sp³-hybridized carbons (Fsp3) is 0.200. The Morgan fingerprint density at radius 1 is 1.32 bits per heavy atom. The summed E-state index contributed by atoms with van der Waals surface area (Å²) in [6.07, 6.45) is 5.52. The Hall–Kier alpha value is -2.84. The molecule has 2 aromatic heterocycles. The summed E-state index contributed by atoms with van der Waals surface area (Å²) >= 11 is 0. The first-order valence-electron chi connectivity index (χ1n) is 5.33. The largest absolute Gasteiger partial charge is 0.476 e. The number of hydrogen-bond donors (Lipinski definition) is 2. The molecular formula is C10H10N6O3. The van der Waals surface area contributed by atoms with Gasteiger partial charge in [0.25, 0.3) is 0 Å². The van der Waals surface area contributed by atoms with Gasteiger partial charge in [-0.05, 0) is 0 Å². The monoisotopic (exact) mass is 262 g/mol. The number of hydrogen-bond acceptors (Lipinski definition) is 6. The number of carboxylic acids is 1. The van der Waals surface area contributed by atoms with Crippen molar-refractivity contribution in [3.63, 3.8) is 0 Å². The van der Waals surface area contributed by atoms with E-state index in [4.69, 9.17) is 5.11 Å². The second-order valence-corrected chi connectivity index (χ2v) is 3.52. The van der Waals surface area contributed by atoms with Crippen LogP contribution < -0.4 is 5.32 Å². The highest BCUT2D eigenvalue weighted by Crippen LogP contribution is 2.08. The quantitative estimate of drug-likeness (QED) is 0.764.